The number of hydrazone groups is 1. The Morgan fingerprint density at radius 1 is 0.882 bits per heavy atom. The fourth-order valence-corrected chi connectivity index (χ4v) is 2.82. The third kappa shape index (κ3) is 8.54. The van der Waals surface area contributed by atoms with Gasteiger partial charge in [-0.25, -0.2) is 5.43 Å². The second-order valence-electron chi connectivity index (χ2n) is 7.19. The van der Waals surface area contributed by atoms with E-state index in [9.17, 15) is 14.4 Å². The molecule has 0 atom stereocenters. The normalized spacial score (nSPS) is 10.5. The summed E-state index contributed by atoms with van der Waals surface area (Å²) in [7, 11) is 0. The molecule has 3 N–H and O–H groups in total. The van der Waals surface area contributed by atoms with E-state index in [0.29, 0.717) is 17.9 Å². The molecule has 0 bridgehead atoms. The molecular weight excluding hydrogens is 434 g/mol. The molecule has 0 aliphatic rings. The number of nitrogens with zero attached hydrogens (tertiary/aromatic N) is 2. The van der Waals surface area contributed by atoms with Crippen molar-refractivity contribution in [3.63, 3.8) is 0 Å². The Hall–Kier alpha value is -4.53. The molecule has 9 nitrogen and oxygen atoms in total. The molecule has 174 valence electrons. The third-order valence-electron chi connectivity index (χ3n) is 4.59. The Labute approximate surface area is 197 Å². The van der Waals surface area contributed by atoms with Gasteiger partial charge in [0.25, 0.3) is 5.91 Å². The Kier molecular flexibility index (Phi) is 9.31. The number of hydrogen-bond donors (Lipinski definition) is 3. The number of benzene rings is 2. The molecule has 1 aromatic heterocycles. The first-order valence-corrected chi connectivity index (χ1v) is 10.6. The maximum atomic E-state index is 11.9. The van der Waals surface area contributed by atoms with E-state index in [2.05, 4.69) is 26.1 Å². The van der Waals surface area contributed by atoms with Crippen LogP contribution in [0.2, 0.25) is 0 Å². The highest BCUT2D eigenvalue weighted by molar-refractivity contribution is 6.35. The SMILES string of the molecule is O=C(COc1ccc(/C=N\NC(=O)C(=O)NCc2cccnc2)cc1)NCCc1ccccc1. The molecule has 0 aliphatic heterocycles. The number of hydrogen-bond acceptors (Lipinski definition) is 6. The van der Waals surface area contributed by atoms with Crippen LogP contribution in [-0.4, -0.2) is 42.1 Å². The smallest absolute Gasteiger partial charge is 0.329 e. The molecular formula is C25H25N5O4. The Morgan fingerprint density at radius 3 is 2.38 bits per heavy atom. The zero-order chi connectivity index (χ0) is 24.0. The molecule has 0 fully saturated rings. The predicted octanol–water partition coefficient (Wildman–Crippen LogP) is 1.59. The second-order valence-corrected chi connectivity index (χ2v) is 7.19. The average molecular weight is 460 g/mol. The van der Waals surface area contributed by atoms with Gasteiger partial charge in [-0.2, -0.15) is 5.10 Å². The molecule has 3 rings (SSSR count). The van der Waals surface area contributed by atoms with Crippen LogP contribution in [0.3, 0.4) is 0 Å². The number of nitrogens with one attached hydrogen (secondary N) is 3. The van der Waals surface area contributed by atoms with Gasteiger partial charge < -0.3 is 15.4 Å². The van der Waals surface area contributed by atoms with Crippen molar-refractivity contribution < 1.29 is 19.1 Å². The predicted molar refractivity (Wildman–Crippen MR) is 127 cm³/mol. The van der Waals surface area contributed by atoms with Crippen LogP contribution in [0.25, 0.3) is 0 Å². The van der Waals surface area contributed by atoms with Crippen LogP contribution in [0.4, 0.5) is 0 Å². The summed E-state index contributed by atoms with van der Waals surface area (Å²) in [6, 6.07) is 20.2. The van der Waals surface area contributed by atoms with Gasteiger partial charge in [0.1, 0.15) is 5.75 Å². The molecule has 0 unspecified atom stereocenters. The highest BCUT2D eigenvalue weighted by Crippen LogP contribution is 2.11. The van der Waals surface area contributed by atoms with Crippen molar-refractivity contribution in [3.05, 3.63) is 95.8 Å². The van der Waals surface area contributed by atoms with Gasteiger partial charge in [-0.3, -0.25) is 19.4 Å². The summed E-state index contributed by atoms with van der Waals surface area (Å²) in [6.07, 6.45) is 5.37. The van der Waals surface area contributed by atoms with Gasteiger partial charge in [0.05, 0.1) is 6.21 Å². The van der Waals surface area contributed by atoms with Crippen LogP contribution < -0.4 is 20.8 Å². The first-order chi connectivity index (χ1) is 16.6. The van der Waals surface area contributed by atoms with E-state index in [1.54, 1.807) is 48.8 Å². The summed E-state index contributed by atoms with van der Waals surface area (Å²) in [5, 5.41) is 9.08. The molecule has 0 saturated heterocycles. The summed E-state index contributed by atoms with van der Waals surface area (Å²) < 4.78 is 5.48. The van der Waals surface area contributed by atoms with Crippen LogP contribution >= 0.6 is 0 Å². The minimum absolute atomic E-state index is 0.0908. The lowest BCUT2D eigenvalue weighted by Crippen LogP contribution is -2.37. The van der Waals surface area contributed by atoms with Crippen LogP contribution in [0.1, 0.15) is 16.7 Å². The molecule has 9 heteroatoms. The molecule has 0 saturated carbocycles. The van der Waals surface area contributed by atoms with Crippen molar-refractivity contribution >= 4 is 23.9 Å². The molecule has 0 radical (unpaired) electrons. The molecule has 1 heterocycles. The Morgan fingerprint density at radius 2 is 1.65 bits per heavy atom. The Balaban J connectivity index is 1.33. The summed E-state index contributed by atoms with van der Waals surface area (Å²) in [6.45, 7) is 0.636. The van der Waals surface area contributed by atoms with E-state index in [1.807, 2.05) is 30.3 Å². The summed E-state index contributed by atoms with van der Waals surface area (Å²) >= 11 is 0. The third-order valence-corrected chi connectivity index (χ3v) is 4.59. The van der Waals surface area contributed by atoms with Crippen LogP contribution in [0.15, 0.2) is 84.2 Å². The van der Waals surface area contributed by atoms with E-state index in [1.165, 1.54) is 6.21 Å². The van der Waals surface area contributed by atoms with Crippen LogP contribution in [0.5, 0.6) is 5.75 Å². The molecule has 0 aliphatic carbocycles. The molecule has 3 amide bonds. The zero-order valence-electron chi connectivity index (χ0n) is 18.4. The second kappa shape index (κ2) is 13.1. The van der Waals surface area contributed by atoms with E-state index in [4.69, 9.17) is 4.74 Å². The number of aromatic nitrogens is 1. The maximum Gasteiger partial charge on any atom is 0.329 e. The standard InChI is InChI=1S/C25H25N5O4/c31-23(27-14-12-19-5-2-1-3-6-19)18-34-22-10-8-20(9-11-22)17-29-30-25(33)24(32)28-16-21-7-4-13-26-15-21/h1-11,13,15,17H,12,14,16,18H2,(H,27,31)(H,28,32)(H,30,33)/b29-17-. The lowest BCUT2D eigenvalue weighted by atomic mass is 10.1. The van der Waals surface area contributed by atoms with E-state index in [0.717, 1.165) is 17.5 Å². The quantitative estimate of drug-likeness (QED) is 0.241. The number of rotatable bonds is 10. The monoisotopic (exact) mass is 459 g/mol. The van der Waals surface area contributed by atoms with Crippen molar-refractivity contribution in [1.29, 1.82) is 0 Å². The highest BCUT2D eigenvalue weighted by atomic mass is 16.5. The molecule has 0 spiro atoms. The number of carbonyl (C=O) groups excluding carboxylic acids is 3. The lowest BCUT2D eigenvalue weighted by Gasteiger charge is -2.08. The van der Waals surface area contributed by atoms with Gasteiger partial charge in [0.15, 0.2) is 6.61 Å². The van der Waals surface area contributed by atoms with E-state index in [-0.39, 0.29) is 19.1 Å². The number of carbonyl (C=O) groups is 3. The number of pyridine rings is 1. The Bertz CT molecular complexity index is 1100. The minimum atomic E-state index is -0.877. The first kappa shape index (κ1) is 24.1. The van der Waals surface area contributed by atoms with Gasteiger partial charge in [-0.1, -0.05) is 36.4 Å². The lowest BCUT2D eigenvalue weighted by molar-refractivity contribution is -0.139. The van der Waals surface area contributed by atoms with Gasteiger partial charge in [-0.15, -0.1) is 0 Å². The number of ether oxygens (including phenoxy) is 1. The number of amides is 3. The van der Waals surface area contributed by atoms with Crippen molar-refractivity contribution in [3.8, 4) is 5.75 Å². The van der Waals surface area contributed by atoms with Crippen molar-refractivity contribution in [1.82, 2.24) is 21.0 Å². The fourth-order valence-electron chi connectivity index (χ4n) is 2.82. The van der Waals surface area contributed by atoms with E-state index >= 15 is 0 Å². The van der Waals surface area contributed by atoms with Crippen molar-refractivity contribution in [2.45, 2.75) is 13.0 Å². The molecule has 3 aromatic rings. The topological polar surface area (TPSA) is 122 Å². The average Bonchev–Trinajstić information content (AvgIpc) is 2.88. The van der Waals surface area contributed by atoms with Crippen molar-refractivity contribution in [2.75, 3.05) is 13.2 Å². The van der Waals surface area contributed by atoms with Crippen LogP contribution in [-0.2, 0) is 27.3 Å². The van der Waals surface area contributed by atoms with Gasteiger partial charge >= 0.3 is 11.8 Å². The first-order valence-electron chi connectivity index (χ1n) is 10.6. The van der Waals surface area contributed by atoms with Gasteiger partial charge in [0.2, 0.25) is 0 Å². The largest absolute Gasteiger partial charge is 0.484 e. The van der Waals surface area contributed by atoms with Crippen molar-refractivity contribution in [2.24, 2.45) is 5.10 Å². The fraction of sp³-hybridized carbons (Fsp3) is 0.160. The highest BCUT2D eigenvalue weighted by Gasteiger charge is 2.11. The van der Waals surface area contributed by atoms with Gasteiger partial charge in [-0.05, 0) is 53.4 Å². The van der Waals surface area contributed by atoms with Gasteiger partial charge in [0, 0.05) is 25.5 Å². The zero-order valence-corrected chi connectivity index (χ0v) is 18.4. The molecule has 2 aromatic carbocycles. The van der Waals surface area contributed by atoms with Crippen LogP contribution in [0, 0.1) is 0 Å². The summed E-state index contributed by atoms with van der Waals surface area (Å²) in [5.74, 6) is -1.36. The maximum absolute atomic E-state index is 11.9. The summed E-state index contributed by atoms with van der Waals surface area (Å²) in [4.78, 5) is 39.5. The van der Waals surface area contributed by atoms with E-state index < -0.39 is 11.8 Å². The molecule has 34 heavy (non-hydrogen) atoms. The minimum Gasteiger partial charge on any atom is -0.484 e. The summed E-state index contributed by atoms with van der Waals surface area (Å²) in [5.41, 5.74) is 4.78.